The van der Waals surface area contributed by atoms with Crippen LogP contribution in [0.2, 0.25) is 0 Å². The monoisotopic (exact) mass is 660 g/mol. The Morgan fingerprint density at radius 1 is 0.750 bits per heavy atom. The molecular formula is C33H36N6O9. The van der Waals surface area contributed by atoms with E-state index in [1.54, 1.807) is 20.4 Å². The number of nitrogens with one attached hydrogen (secondary N) is 3. The summed E-state index contributed by atoms with van der Waals surface area (Å²) in [5.74, 6) is -0.0851. The van der Waals surface area contributed by atoms with Gasteiger partial charge in [0, 0.05) is 48.3 Å². The van der Waals surface area contributed by atoms with Crippen LogP contribution in [0.1, 0.15) is 11.1 Å². The number of hydrogen-bond acceptors (Lipinski definition) is 9. The van der Waals surface area contributed by atoms with Crippen molar-refractivity contribution < 1.29 is 38.9 Å². The van der Waals surface area contributed by atoms with Gasteiger partial charge in [-0.15, -0.1) is 0 Å². The van der Waals surface area contributed by atoms with Crippen molar-refractivity contribution in [2.24, 2.45) is 11.5 Å². The summed E-state index contributed by atoms with van der Waals surface area (Å²) < 4.78 is 15.5. The zero-order chi connectivity index (χ0) is 35.0. The summed E-state index contributed by atoms with van der Waals surface area (Å²) in [5, 5.41) is 31.2. The minimum atomic E-state index is -1.16. The third-order valence-corrected chi connectivity index (χ3v) is 7.54. The van der Waals surface area contributed by atoms with E-state index in [1.165, 1.54) is 30.8 Å². The standard InChI is InChI=1S/C12H13N3O5.C12H14N2O3.C9H9NO/c1-20-9-3-2-8(15(18)19)10-6(5-14-11(9)10)4-7(13)12(16)17;1-17-10-4-2-3-8-7(6-14-11(8)10)5-9(13)12(15)16;1-11-8-4-2-3-7-5-6-10-9(7)8/h2-3,5,7,14H,4,13H2,1H3,(H,16,17);2-4,6,9,14H,5,13H2,1H3,(H,15,16);2-6,10H,1H3. The van der Waals surface area contributed by atoms with Crippen molar-refractivity contribution in [3.8, 4) is 17.2 Å². The molecule has 2 atom stereocenters. The molecule has 6 rings (SSSR count). The number of para-hydroxylation sites is 2. The molecule has 6 aromatic rings. The van der Waals surface area contributed by atoms with Crippen LogP contribution in [-0.2, 0) is 22.4 Å². The second-order valence-electron chi connectivity index (χ2n) is 10.5. The van der Waals surface area contributed by atoms with Gasteiger partial charge in [0.25, 0.3) is 5.69 Å². The minimum absolute atomic E-state index is 0.0106. The number of aliphatic carboxylic acids is 2. The first-order valence-corrected chi connectivity index (χ1v) is 14.5. The molecule has 0 saturated heterocycles. The number of benzene rings is 3. The van der Waals surface area contributed by atoms with E-state index < -0.39 is 28.9 Å². The van der Waals surface area contributed by atoms with E-state index >= 15 is 0 Å². The Balaban J connectivity index is 0.000000169. The van der Waals surface area contributed by atoms with Gasteiger partial charge >= 0.3 is 11.9 Å². The highest BCUT2D eigenvalue weighted by Gasteiger charge is 2.23. The first-order chi connectivity index (χ1) is 23.0. The number of H-pyrrole nitrogens is 3. The smallest absolute Gasteiger partial charge is 0.320 e. The molecule has 0 saturated carbocycles. The van der Waals surface area contributed by atoms with E-state index in [0.717, 1.165) is 33.5 Å². The quantitative estimate of drug-likeness (QED) is 0.0804. The lowest BCUT2D eigenvalue weighted by atomic mass is 10.0. The Kier molecular flexibility index (Phi) is 11.2. The maximum Gasteiger partial charge on any atom is 0.320 e. The fourth-order valence-corrected chi connectivity index (χ4v) is 5.15. The van der Waals surface area contributed by atoms with E-state index in [1.807, 2.05) is 48.7 Å². The highest BCUT2D eigenvalue weighted by atomic mass is 16.6. The second-order valence-corrected chi connectivity index (χ2v) is 10.5. The maximum absolute atomic E-state index is 11.1. The molecule has 0 aliphatic carbocycles. The van der Waals surface area contributed by atoms with E-state index in [0.29, 0.717) is 28.6 Å². The number of nitrogens with two attached hydrogens (primary N) is 2. The van der Waals surface area contributed by atoms with Crippen LogP contribution < -0.4 is 25.7 Å². The first kappa shape index (κ1) is 34.8. The highest BCUT2D eigenvalue weighted by Crippen LogP contribution is 2.35. The third-order valence-electron chi connectivity index (χ3n) is 7.54. The van der Waals surface area contributed by atoms with Crippen molar-refractivity contribution >= 4 is 50.3 Å². The molecule has 3 aromatic heterocycles. The van der Waals surface area contributed by atoms with E-state index in [9.17, 15) is 19.7 Å². The molecule has 0 radical (unpaired) electrons. The number of carboxylic acid groups (broad SMARTS) is 2. The topological polar surface area (TPSA) is 245 Å². The molecule has 9 N–H and O–H groups in total. The van der Waals surface area contributed by atoms with Gasteiger partial charge in [-0.05, 0) is 35.4 Å². The summed E-state index contributed by atoms with van der Waals surface area (Å²) in [6, 6.07) is 14.4. The van der Waals surface area contributed by atoms with Crippen LogP contribution in [0.3, 0.4) is 0 Å². The fraction of sp³-hybridized carbons (Fsp3) is 0.212. The van der Waals surface area contributed by atoms with Gasteiger partial charge in [-0.1, -0.05) is 24.3 Å². The number of carboxylic acids is 2. The predicted octanol–water partition coefficient (Wildman–Crippen LogP) is 4.35. The first-order valence-electron chi connectivity index (χ1n) is 14.5. The van der Waals surface area contributed by atoms with Gasteiger partial charge in [0.15, 0.2) is 0 Å². The molecule has 48 heavy (non-hydrogen) atoms. The number of nitrogens with zero attached hydrogens (tertiary/aromatic N) is 1. The lowest BCUT2D eigenvalue weighted by Gasteiger charge is -2.06. The summed E-state index contributed by atoms with van der Waals surface area (Å²) in [6.45, 7) is 0. The number of nitro benzene ring substituents is 1. The number of methoxy groups -OCH3 is 3. The van der Waals surface area contributed by atoms with E-state index in [2.05, 4.69) is 15.0 Å². The van der Waals surface area contributed by atoms with Gasteiger partial charge in [0.2, 0.25) is 0 Å². The van der Waals surface area contributed by atoms with Crippen molar-refractivity contribution in [1.82, 2.24) is 15.0 Å². The zero-order valence-corrected chi connectivity index (χ0v) is 26.4. The number of ether oxygens (including phenoxy) is 3. The van der Waals surface area contributed by atoms with Crippen molar-refractivity contribution in [3.63, 3.8) is 0 Å². The molecule has 3 aromatic carbocycles. The Hall–Kier alpha value is -6.06. The zero-order valence-electron chi connectivity index (χ0n) is 26.4. The summed E-state index contributed by atoms with van der Waals surface area (Å²) in [5.41, 5.74) is 14.6. The lowest BCUT2D eigenvalue weighted by Crippen LogP contribution is -2.32. The molecule has 3 heterocycles. The highest BCUT2D eigenvalue weighted by molar-refractivity contribution is 5.96. The molecule has 15 nitrogen and oxygen atoms in total. The number of fused-ring (bicyclic) bond motifs is 3. The number of aromatic nitrogens is 3. The predicted molar refractivity (Wildman–Crippen MR) is 180 cm³/mol. The van der Waals surface area contributed by atoms with Crippen LogP contribution in [0.25, 0.3) is 32.7 Å². The second kappa shape index (κ2) is 15.5. The van der Waals surface area contributed by atoms with Crippen LogP contribution in [0.5, 0.6) is 17.2 Å². The minimum Gasteiger partial charge on any atom is -0.495 e. The number of hydrogen-bond donors (Lipinski definition) is 7. The average Bonchev–Trinajstić information content (AvgIpc) is 3.84. The number of non-ortho nitro benzene ring substituents is 1. The van der Waals surface area contributed by atoms with Crippen LogP contribution in [-0.4, -0.2) is 75.4 Å². The largest absolute Gasteiger partial charge is 0.495 e. The summed E-state index contributed by atoms with van der Waals surface area (Å²) in [6.07, 6.45) is 5.48. The van der Waals surface area contributed by atoms with E-state index in [-0.39, 0.29) is 12.1 Å². The van der Waals surface area contributed by atoms with Gasteiger partial charge in [0.1, 0.15) is 29.3 Å². The lowest BCUT2D eigenvalue weighted by molar-refractivity contribution is -0.383. The van der Waals surface area contributed by atoms with Crippen LogP contribution in [0.15, 0.2) is 73.2 Å². The normalized spacial score (nSPS) is 11.9. The Bertz CT molecular complexity index is 2050. The number of carbonyl (C=O) groups is 2. The average molecular weight is 661 g/mol. The Morgan fingerprint density at radius 3 is 1.90 bits per heavy atom. The van der Waals surface area contributed by atoms with Crippen molar-refractivity contribution in [1.29, 1.82) is 0 Å². The van der Waals surface area contributed by atoms with E-state index in [4.69, 9.17) is 35.9 Å². The summed E-state index contributed by atoms with van der Waals surface area (Å²) >= 11 is 0. The van der Waals surface area contributed by atoms with Crippen LogP contribution >= 0.6 is 0 Å². The molecule has 0 fully saturated rings. The molecule has 0 spiro atoms. The van der Waals surface area contributed by atoms with Crippen molar-refractivity contribution in [3.05, 3.63) is 94.4 Å². The molecule has 252 valence electrons. The molecular weight excluding hydrogens is 624 g/mol. The number of nitro groups is 1. The van der Waals surface area contributed by atoms with Gasteiger partial charge in [-0.3, -0.25) is 19.7 Å². The Labute approximate surface area is 273 Å². The summed E-state index contributed by atoms with van der Waals surface area (Å²) in [4.78, 5) is 41.2. The van der Waals surface area contributed by atoms with Crippen molar-refractivity contribution in [2.75, 3.05) is 21.3 Å². The maximum atomic E-state index is 11.1. The molecule has 15 heteroatoms. The summed E-state index contributed by atoms with van der Waals surface area (Å²) in [7, 11) is 4.72. The number of rotatable bonds is 10. The molecule has 0 aliphatic heterocycles. The Morgan fingerprint density at radius 2 is 1.29 bits per heavy atom. The van der Waals surface area contributed by atoms with Gasteiger partial charge < -0.3 is 50.8 Å². The molecule has 0 amide bonds. The van der Waals surface area contributed by atoms with Crippen LogP contribution in [0, 0.1) is 10.1 Å². The van der Waals surface area contributed by atoms with Crippen LogP contribution in [0.4, 0.5) is 5.69 Å². The van der Waals surface area contributed by atoms with Gasteiger partial charge in [0.05, 0.1) is 48.2 Å². The SMILES string of the molecule is COc1ccc([N+](=O)[O-])c2c(CC(N)C(=O)O)c[nH]c12.COc1cccc2c(CC(N)C(=O)O)c[nH]c12.COc1cccc2cc[nH]c12. The molecule has 0 bridgehead atoms. The molecule has 0 aliphatic rings. The van der Waals surface area contributed by atoms with Crippen molar-refractivity contribution in [2.45, 2.75) is 24.9 Å². The molecule has 2 unspecified atom stereocenters. The third kappa shape index (κ3) is 7.66. The fourth-order valence-electron chi connectivity index (χ4n) is 5.15. The van der Waals surface area contributed by atoms with Gasteiger partial charge in [-0.2, -0.15) is 0 Å². The van der Waals surface area contributed by atoms with Gasteiger partial charge in [-0.25, -0.2) is 0 Å². The number of aromatic amines is 3.